The van der Waals surface area contributed by atoms with Crippen molar-refractivity contribution in [2.24, 2.45) is 45.0 Å². The first kappa shape index (κ1) is 19.3. The van der Waals surface area contributed by atoms with Crippen LogP contribution in [0.15, 0.2) is 16.6 Å². The number of rotatable bonds is 4. The van der Waals surface area contributed by atoms with Gasteiger partial charge in [0.2, 0.25) is 0 Å². The van der Waals surface area contributed by atoms with Crippen LogP contribution < -0.4 is 11.5 Å². The number of aliphatic hydroxyl groups is 1. The van der Waals surface area contributed by atoms with E-state index in [1.54, 1.807) is 5.57 Å². The van der Waals surface area contributed by atoms with Gasteiger partial charge in [-0.05, 0) is 80.0 Å². The fourth-order valence-corrected chi connectivity index (χ4v) is 7.18. The third-order valence-electron chi connectivity index (χ3n) is 8.74. The minimum Gasteiger partial charge on any atom is -0.393 e. The van der Waals surface area contributed by atoms with Gasteiger partial charge in [-0.25, -0.2) is 0 Å². The summed E-state index contributed by atoms with van der Waals surface area (Å²) in [5.41, 5.74) is 12.9. The van der Waals surface area contributed by atoms with E-state index in [0.717, 1.165) is 30.6 Å². The normalized spacial score (nSPS) is 46.0. The predicted octanol–water partition coefficient (Wildman–Crippen LogP) is 2.97. The van der Waals surface area contributed by atoms with Gasteiger partial charge in [-0.2, -0.15) is 0 Å². The number of nitrogens with two attached hydrogens (primary N) is 2. The molecule has 4 aliphatic rings. The van der Waals surface area contributed by atoms with Crippen molar-refractivity contribution < 1.29 is 9.84 Å². The van der Waals surface area contributed by atoms with E-state index in [1.165, 1.54) is 38.5 Å². The Balaban J connectivity index is 1.46. The number of allylic oxidation sites excluding steroid dienone is 1. The molecule has 3 saturated carbocycles. The smallest absolute Gasteiger partial charge is 0.185 e. The highest BCUT2D eigenvalue weighted by atomic mass is 16.5. The molecule has 0 aromatic rings. The van der Waals surface area contributed by atoms with E-state index in [9.17, 15) is 5.11 Å². The summed E-state index contributed by atoms with van der Waals surface area (Å²) in [6.07, 6.45) is 12.1. The molecule has 4 aliphatic carbocycles. The molecular weight excluding hydrogens is 338 g/mol. The van der Waals surface area contributed by atoms with Gasteiger partial charge in [0.25, 0.3) is 0 Å². The first-order valence-corrected chi connectivity index (χ1v) is 10.9. The lowest BCUT2D eigenvalue weighted by molar-refractivity contribution is -0.0778. The molecule has 0 aliphatic heterocycles. The molecule has 0 radical (unpaired) electrons. The fourth-order valence-electron chi connectivity index (χ4n) is 7.18. The molecule has 5 nitrogen and oxygen atoms in total. The Kier molecular flexibility index (Phi) is 5.04. The van der Waals surface area contributed by atoms with Gasteiger partial charge in [0.15, 0.2) is 5.96 Å². The SMILES string of the molecule is CC12CCC(OCCN=C(N)N)C=C1CCC1C2CCC2(C)C(O)CCC12. The van der Waals surface area contributed by atoms with Gasteiger partial charge >= 0.3 is 0 Å². The molecule has 3 fully saturated rings. The summed E-state index contributed by atoms with van der Waals surface area (Å²) < 4.78 is 6.04. The van der Waals surface area contributed by atoms with Crippen LogP contribution in [0.1, 0.15) is 65.2 Å². The van der Waals surface area contributed by atoms with E-state index in [-0.39, 0.29) is 23.6 Å². The molecule has 0 aromatic heterocycles. The van der Waals surface area contributed by atoms with Gasteiger partial charge < -0.3 is 21.3 Å². The molecule has 0 amide bonds. The number of fused-ring (bicyclic) bond motifs is 5. The molecule has 0 bridgehead atoms. The van der Waals surface area contributed by atoms with Crippen LogP contribution in [0, 0.1) is 28.6 Å². The van der Waals surface area contributed by atoms with Crippen LogP contribution in [0.25, 0.3) is 0 Å². The van der Waals surface area contributed by atoms with Crippen LogP contribution in [0.2, 0.25) is 0 Å². The Bertz CT molecular complexity index is 629. The molecule has 152 valence electrons. The van der Waals surface area contributed by atoms with Gasteiger partial charge in [-0.3, -0.25) is 4.99 Å². The quantitative estimate of drug-likeness (QED) is 0.305. The topological polar surface area (TPSA) is 93.9 Å². The summed E-state index contributed by atoms with van der Waals surface area (Å²) >= 11 is 0. The summed E-state index contributed by atoms with van der Waals surface area (Å²) in [4.78, 5) is 4.01. The first-order chi connectivity index (χ1) is 12.8. The van der Waals surface area contributed by atoms with E-state index >= 15 is 0 Å². The van der Waals surface area contributed by atoms with Crippen molar-refractivity contribution in [3.63, 3.8) is 0 Å². The van der Waals surface area contributed by atoms with Gasteiger partial charge in [-0.15, -0.1) is 0 Å². The molecule has 4 rings (SSSR count). The molecule has 0 saturated heterocycles. The third-order valence-corrected chi connectivity index (χ3v) is 8.74. The van der Waals surface area contributed by atoms with Gasteiger partial charge in [0, 0.05) is 0 Å². The molecule has 0 spiro atoms. The first-order valence-electron chi connectivity index (χ1n) is 10.9. The van der Waals surface area contributed by atoms with Crippen molar-refractivity contribution in [3.8, 4) is 0 Å². The lowest BCUT2D eigenvalue weighted by Gasteiger charge is -2.58. The van der Waals surface area contributed by atoms with Gasteiger partial charge in [-0.1, -0.05) is 25.5 Å². The average molecular weight is 376 g/mol. The Morgan fingerprint density at radius 2 is 1.96 bits per heavy atom. The lowest BCUT2D eigenvalue weighted by Crippen LogP contribution is -2.51. The van der Waals surface area contributed by atoms with Crippen molar-refractivity contribution >= 4 is 5.96 Å². The number of aliphatic imine (C=N–C) groups is 1. The molecule has 5 N–H and O–H groups in total. The third kappa shape index (κ3) is 3.21. The highest BCUT2D eigenvalue weighted by Crippen LogP contribution is 2.65. The van der Waals surface area contributed by atoms with Crippen molar-refractivity contribution in [3.05, 3.63) is 11.6 Å². The highest BCUT2D eigenvalue weighted by molar-refractivity contribution is 5.75. The molecular formula is C22H37N3O2. The number of hydrogen-bond donors (Lipinski definition) is 3. The van der Waals surface area contributed by atoms with Crippen LogP contribution in [-0.2, 0) is 4.74 Å². The zero-order chi connectivity index (χ0) is 19.2. The second kappa shape index (κ2) is 7.07. The van der Waals surface area contributed by atoms with Crippen molar-refractivity contribution in [1.82, 2.24) is 0 Å². The number of hydrogen-bond acceptors (Lipinski definition) is 3. The predicted molar refractivity (Wildman–Crippen MR) is 108 cm³/mol. The minimum atomic E-state index is -0.0810. The second-order valence-electron chi connectivity index (χ2n) is 9.92. The van der Waals surface area contributed by atoms with Crippen molar-refractivity contribution in [2.45, 2.75) is 77.4 Å². The van der Waals surface area contributed by atoms with Crippen LogP contribution in [0.5, 0.6) is 0 Å². The fraction of sp³-hybridized carbons (Fsp3) is 0.864. The minimum absolute atomic E-state index is 0.0810. The Labute approximate surface area is 163 Å². The highest BCUT2D eigenvalue weighted by Gasteiger charge is 2.58. The number of aliphatic hydroxyl groups excluding tert-OH is 1. The van der Waals surface area contributed by atoms with E-state index in [2.05, 4.69) is 24.9 Å². The maximum atomic E-state index is 10.6. The Hall–Kier alpha value is -1.07. The maximum absolute atomic E-state index is 10.6. The molecule has 0 aromatic carbocycles. The monoisotopic (exact) mass is 375 g/mol. The summed E-state index contributed by atoms with van der Waals surface area (Å²) in [6.45, 7) is 5.99. The lowest BCUT2D eigenvalue weighted by atomic mass is 9.47. The van der Waals surface area contributed by atoms with E-state index in [0.29, 0.717) is 18.6 Å². The molecule has 7 unspecified atom stereocenters. The van der Waals surface area contributed by atoms with Crippen LogP contribution in [-0.4, -0.2) is 36.4 Å². The summed E-state index contributed by atoms with van der Waals surface area (Å²) in [6, 6.07) is 0. The summed E-state index contributed by atoms with van der Waals surface area (Å²) in [7, 11) is 0. The molecule has 27 heavy (non-hydrogen) atoms. The number of ether oxygens (including phenoxy) is 1. The van der Waals surface area contributed by atoms with Crippen LogP contribution in [0.3, 0.4) is 0 Å². The van der Waals surface area contributed by atoms with Gasteiger partial charge in [0.1, 0.15) is 0 Å². The molecule has 0 heterocycles. The standard InChI is InChI=1S/C22H37N3O2/c1-21-9-7-15(27-12-11-25-20(23)24)13-14(21)3-4-16-17-5-6-19(26)22(17,2)10-8-18(16)21/h13,15-19,26H,3-12H2,1-2H3,(H4,23,24,25). The largest absolute Gasteiger partial charge is 0.393 e. The van der Waals surface area contributed by atoms with Crippen LogP contribution >= 0.6 is 0 Å². The zero-order valence-electron chi connectivity index (χ0n) is 17.0. The van der Waals surface area contributed by atoms with Gasteiger partial charge in [0.05, 0.1) is 25.4 Å². The van der Waals surface area contributed by atoms with E-state index < -0.39 is 0 Å². The average Bonchev–Trinajstić information content (AvgIpc) is 2.94. The molecule has 5 heteroatoms. The number of nitrogens with zero attached hydrogens (tertiary/aromatic N) is 1. The molecule has 7 atom stereocenters. The maximum Gasteiger partial charge on any atom is 0.185 e. The zero-order valence-corrected chi connectivity index (χ0v) is 17.0. The van der Waals surface area contributed by atoms with E-state index in [4.69, 9.17) is 16.2 Å². The number of guanidine groups is 1. The summed E-state index contributed by atoms with van der Waals surface area (Å²) in [5.74, 6) is 2.43. The Morgan fingerprint density at radius 3 is 2.74 bits per heavy atom. The summed E-state index contributed by atoms with van der Waals surface area (Å²) in [5, 5.41) is 10.6. The van der Waals surface area contributed by atoms with E-state index in [1.807, 2.05) is 0 Å². The van der Waals surface area contributed by atoms with Crippen molar-refractivity contribution in [1.29, 1.82) is 0 Å². The van der Waals surface area contributed by atoms with Crippen molar-refractivity contribution in [2.75, 3.05) is 13.2 Å². The second-order valence-corrected chi connectivity index (χ2v) is 9.92. The Morgan fingerprint density at radius 1 is 1.15 bits per heavy atom. The van der Waals surface area contributed by atoms with Crippen LogP contribution in [0.4, 0.5) is 0 Å².